The van der Waals surface area contributed by atoms with E-state index in [4.69, 9.17) is 0 Å². The highest BCUT2D eigenvalue weighted by Gasteiger charge is 2.61. The minimum absolute atomic E-state index is 0.172. The van der Waals surface area contributed by atoms with Crippen LogP contribution < -0.4 is 4.90 Å². The topological polar surface area (TPSA) is 3.24 Å². The van der Waals surface area contributed by atoms with E-state index in [0.717, 1.165) is 29.4 Å². The van der Waals surface area contributed by atoms with Crippen LogP contribution in [-0.2, 0) is 5.41 Å². The van der Waals surface area contributed by atoms with Gasteiger partial charge in [0.25, 0.3) is 0 Å². The van der Waals surface area contributed by atoms with Gasteiger partial charge >= 0.3 is 0 Å². The molecular weight excluding hydrogens is 683 g/mol. The molecule has 3 fully saturated rings. The van der Waals surface area contributed by atoms with Gasteiger partial charge in [-0.3, -0.25) is 0 Å². The molecule has 0 aliphatic heterocycles. The van der Waals surface area contributed by atoms with Gasteiger partial charge in [0.1, 0.15) is 0 Å². The smallest absolute Gasteiger partial charge is 0.0540 e. The van der Waals surface area contributed by atoms with Crippen LogP contribution in [0.2, 0.25) is 0 Å². The first-order valence-corrected chi connectivity index (χ1v) is 21.3. The number of anilines is 3. The Morgan fingerprint density at radius 2 is 1.18 bits per heavy atom. The van der Waals surface area contributed by atoms with Crippen LogP contribution in [0.15, 0.2) is 164 Å². The molecule has 1 heterocycles. The fraction of sp³-hybridized carbons (Fsp3) is 0.208. The van der Waals surface area contributed by atoms with E-state index in [1.54, 1.807) is 11.1 Å². The average molecular weight is 726 g/mol. The second-order valence-corrected chi connectivity index (χ2v) is 17.8. The Labute approximate surface area is 327 Å². The van der Waals surface area contributed by atoms with Crippen LogP contribution in [0, 0.1) is 23.7 Å². The van der Waals surface area contributed by atoms with Gasteiger partial charge in [0.15, 0.2) is 0 Å². The molecule has 5 unspecified atom stereocenters. The number of hydrogen-bond donors (Lipinski definition) is 0. The van der Waals surface area contributed by atoms with Crippen LogP contribution in [0.3, 0.4) is 0 Å². The molecule has 12 rings (SSSR count). The standard InChI is InChI=1S/C53H43NS/c1-2-11-35(12-3-1)41-13-5-8-19-49(41)54(40-29-30-44-43-14-6-9-20-50(43)55-51(44)33-40)39-27-24-36(25-28-39)42-16-10-18-47-52(42)45-15-4-7-17-46(45)53(47)38-26-23-37-22-21-34(31-38)32-48(37)53/h1-20,24-25,27-30,33-34,37-38,48H,21-23,26,31-32H2. The quantitative estimate of drug-likeness (QED) is 0.171. The molecular formula is C53H43NS. The van der Waals surface area contributed by atoms with E-state index < -0.39 is 0 Å². The van der Waals surface area contributed by atoms with Crippen molar-refractivity contribution in [2.24, 2.45) is 23.7 Å². The third kappa shape index (κ3) is 4.64. The molecule has 2 heteroatoms. The Balaban J connectivity index is 1.01. The maximum atomic E-state index is 2.53. The highest BCUT2D eigenvalue weighted by molar-refractivity contribution is 7.25. The molecule has 266 valence electrons. The SMILES string of the molecule is c1ccc(-c2ccccc2N(c2ccc(-c3cccc4c3-c3ccccc3C43C4CCC5CCC(C4)CC53)cc2)c2ccc3c(c2)sc2ccccc23)cc1. The molecule has 4 aliphatic carbocycles. The number of hydrogen-bond acceptors (Lipinski definition) is 2. The molecule has 7 aromatic carbocycles. The van der Waals surface area contributed by atoms with Gasteiger partial charge in [0.2, 0.25) is 0 Å². The zero-order valence-electron chi connectivity index (χ0n) is 31.0. The highest BCUT2D eigenvalue weighted by atomic mass is 32.1. The third-order valence-electron chi connectivity index (χ3n) is 14.3. The minimum Gasteiger partial charge on any atom is -0.310 e. The van der Waals surface area contributed by atoms with Crippen molar-refractivity contribution in [1.29, 1.82) is 0 Å². The van der Waals surface area contributed by atoms with Gasteiger partial charge in [-0.25, -0.2) is 0 Å². The van der Waals surface area contributed by atoms with Gasteiger partial charge in [-0.2, -0.15) is 0 Å². The molecule has 3 bridgehead atoms. The largest absolute Gasteiger partial charge is 0.310 e. The van der Waals surface area contributed by atoms with Crippen molar-refractivity contribution in [3.05, 3.63) is 175 Å². The summed E-state index contributed by atoms with van der Waals surface area (Å²) in [6.07, 6.45) is 8.53. The van der Waals surface area contributed by atoms with Crippen molar-refractivity contribution >= 4 is 48.6 Å². The van der Waals surface area contributed by atoms with Crippen LogP contribution >= 0.6 is 11.3 Å². The van der Waals surface area contributed by atoms with E-state index in [0.29, 0.717) is 0 Å². The minimum atomic E-state index is 0.172. The lowest BCUT2D eigenvalue weighted by Gasteiger charge is -2.60. The molecule has 1 spiro atoms. The molecule has 4 aliphatic rings. The molecule has 55 heavy (non-hydrogen) atoms. The number of fused-ring (bicyclic) bond motifs is 7. The van der Waals surface area contributed by atoms with E-state index in [1.165, 1.54) is 103 Å². The molecule has 3 saturated carbocycles. The summed E-state index contributed by atoms with van der Waals surface area (Å²) in [6, 6.07) is 61.9. The predicted molar refractivity (Wildman–Crippen MR) is 233 cm³/mol. The lowest BCUT2D eigenvalue weighted by Crippen LogP contribution is -2.55. The fourth-order valence-corrected chi connectivity index (χ4v) is 13.3. The van der Waals surface area contributed by atoms with Gasteiger partial charge in [0.05, 0.1) is 5.69 Å². The van der Waals surface area contributed by atoms with E-state index >= 15 is 0 Å². The normalized spacial score (nSPS) is 23.3. The lowest BCUT2D eigenvalue weighted by atomic mass is 9.43. The second-order valence-electron chi connectivity index (χ2n) is 16.7. The zero-order chi connectivity index (χ0) is 36.1. The fourth-order valence-electron chi connectivity index (χ4n) is 12.2. The number of thiophene rings is 1. The molecule has 5 atom stereocenters. The number of nitrogens with zero attached hydrogens (tertiary/aromatic N) is 1. The summed E-state index contributed by atoms with van der Waals surface area (Å²) in [5, 5.41) is 2.65. The monoisotopic (exact) mass is 725 g/mol. The van der Waals surface area contributed by atoms with Crippen molar-refractivity contribution in [3.8, 4) is 33.4 Å². The maximum Gasteiger partial charge on any atom is 0.0540 e. The number of benzene rings is 7. The first-order valence-electron chi connectivity index (χ1n) is 20.5. The maximum absolute atomic E-state index is 2.53. The second kappa shape index (κ2) is 12.3. The lowest BCUT2D eigenvalue weighted by molar-refractivity contribution is -0.0320. The summed E-state index contributed by atoms with van der Waals surface area (Å²) < 4.78 is 2.64. The Morgan fingerprint density at radius 1 is 0.491 bits per heavy atom. The molecule has 0 radical (unpaired) electrons. The van der Waals surface area contributed by atoms with E-state index in [-0.39, 0.29) is 5.41 Å². The number of para-hydroxylation sites is 1. The van der Waals surface area contributed by atoms with Crippen molar-refractivity contribution in [1.82, 2.24) is 0 Å². The van der Waals surface area contributed by atoms with Crippen molar-refractivity contribution < 1.29 is 0 Å². The highest BCUT2D eigenvalue weighted by Crippen LogP contribution is 2.69. The van der Waals surface area contributed by atoms with Gasteiger partial charge in [-0.15, -0.1) is 11.3 Å². The molecule has 1 aromatic heterocycles. The zero-order valence-corrected chi connectivity index (χ0v) is 31.8. The summed E-state index contributed by atoms with van der Waals surface area (Å²) in [4.78, 5) is 2.47. The Bertz CT molecular complexity index is 2760. The Morgan fingerprint density at radius 3 is 2.09 bits per heavy atom. The van der Waals surface area contributed by atoms with Crippen LogP contribution in [-0.4, -0.2) is 0 Å². The van der Waals surface area contributed by atoms with Gasteiger partial charge in [-0.1, -0.05) is 134 Å². The first-order chi connectivity index (χ1) is 27.3. The van der Waals surface area contributed by atoms with Crippen molar-refractivity contribution in [2.75, 3.05) is 4.90 Å². The van der Waals surface area contributed by atoms with Crippen LogP contribution in [0.25, 0.3) is 53.6 Å². The van der Waals surface area contributed by atoms with Crippen LogP contribution in [0.4, 0.5) is 17.1 Å². The molecule has 0 amide bonds. The van der Waals surface area contributed by atoms with E-state index in [9.17, 15) is 0 Å². The summed E-state index contributed by atoms with van der Waals surface area (Å²) in [5.74, 6) is 3.32. The van der Waals surface area contributed by atoms with Gasteiger partial charge in [-0.05, 0) is 131 Å². The molecule has 0 saturated heterocycles. The van der Waals surface area contributed by atoms with Crippen molar-refractivity contribution in [2.45, 2.75) is 43.9 Å². The Hall–Kier alpha value is -5.44. The van der Waals surface area contributed by atoms with E-state index in [2.05, 4.69) is 169 Å². The van der Waals surface area contributed by atoms with Crippen LogP contribution in [0.1, 0.15) is 49.7 Å². The average Bonchev–Trinajstić information content (AvgIpc) is 3.75. The summed E-state index contributed by atoms with van der Waals surface area (Å²) in [6.45, 7) is 0. The molecule has 0 N–H and O–H groups in total. The number of rotatable bonds is 5. The summed E-state index contributed by atoms with van der Waals surface area (Å²) in [5.41, 5.74) is 15.1. The summed E-state index contributed by atoms with van der Waals surface area (Å²) >= 11 is 1.88. The molecule has 1 nitrogen and oxygen atoms in total. The van der Waals surface area contributed by atoms with Crippen LogP contribution in [0.5, 0.6) is 0 Å². The Kier molecular flexibility index (Phi) is 7.12. The predicted octanol–water partition coefficient (Wildman–Crippen LogP) is 15.0. The van der Waals surface area contributed by atoms with Gasteiger partial charge in [0, 0.05) is 42.5 Å². The molecule has 8 aromatic rings. The summed E-state index contributed by atoms with van der Waals surface area (Å²) in [7, 11) is 0. The van der Waals surface area contributed by atoms with E-state index in [1.807, 2.05) is 11.3 Å². The van der Waals surface area contributed by atoms with Gasteiger partial charge < -0.3 is 4.90 Å². The van der Waals surface area contributed by atoms with Crippen molar-refractivity contribution in [3.63, 3.8) is 0 Å². The first kappa shape index (κ1) is 31.9. The third-order valence-corrected chi connectivity index (χ3v) is 15.4.